The molecule has 3 fully saturated rings. The zero-order valence-corrected chi connectivity index (χ0v) is 8.08. The Balaban J connectivity index is 1.77. The van der Waals surface area contributed by atoms with E-state index >= 15 is 0 Å². The largest absolute Gasteiger partial charge is 0.465 e. The van der Waals surface area contributed by atoms with Crippen molar-refractivity contribution < 1.29 is 9.53 Å². The van der Waals surface area contributed by atoms with Crippen LogP contribution in [0.25, 0.3) is 0 Å². The lowest BCUT2D eigenvalue weighted by Crippen LogP contribution is -2.55. The molecule has 3 heteroatoms. The summed E-state index contributed by atoms with van der Waals surface area (Å²) in [5.41, 5.74) is 6.19. The van der Waals surface area contributed by atoms with Crippen molar-refractivity contribution in [3.63, 3.8) is 0 Å². The van der Waals surface area contributed by atoms with Gasteiger partial charge in [-0.25, -0.2) is 0 Å². The summed E-state index contributed by atoms with van der Waals surface area (Å²) in [7, 11) is 0. The molecule has 3 rings (SSSR count). The third-order valence-corrected chi connectivity index (χ3v) is 3.41. The highest BCUT2D eigenvalue weighted by atomic mass is 16.5. The maximum absolute atomic E-state index is 11.2. The van der Waals surface area contributed by atoms with Gasteiger partial charge < -0.3 is 10.5 Å². The zero-order chi connectivity index (χ0) is 9.47. The normalized spacial score (nSPS) is 37.2. The fourth-order valence-electron chi connectivity index (χ4n) is 2.71. The number of nitrogens with two attached hydrogens (primary N) is 1. The number of carbonyl (C=O) groups is 1. The van der Waals surface area contributed by atoms with E-state index in [2.05, 4.69) is 0 Å². The quantitative estimate of drug-likeness (QED) is 0.663. The Morgan fingerprint density at radius 2 is 2.23 bits per heavy atom. The first-order valence-electron chi connectivity index (χ1n) is 5.07. The molecule has 0 unspecified atom stereocenters. The van der Waals surface area contributed by atoms with Crippen molar-refractivity contribution in [2.75, 3.05) is 6.61 Å². The number of rotatable bonds is 4. The maximum atomic E-state index is 11.2. The summed E-state index contributed by atoms with van der Waals surface area (Å²) in [4.78, 5) is 11.2. The lowest BCUT2D eigenvalue weighted by atomic mass is 9.43. The van der Waals surface area contributed by atoms with Gasteiger partial charge in [0.2, 0.25) is 0 Å². The Labute approximate surface area is 78.6 Å². The predicted molar refractivity (Wildman–Crippen MR) is 49.0 cm³/mol. The van der Waals surface area contributed by atoms with E-state index in [4.69, 9.17) is 10.5 Å². The van der Waals surface area contributed by atoms with Crippen LogP contribution >= 0.6 is 0 Å². The average molecular weight is 183 g/mol. The SMILES string of the molecule is CCOC(=O)[C@@H](N)CC12CC(C1)C2. The Bertz CT molecular complexity index is 210. The minimum absolute atomic E-state index is 0.229. The van der Waals surface area contributed by atoms with Gasteiger partial charge in [0.15, 0.2) is 0 Å². The van der Waals surface area contributed by atoms with Gasteiger partial charge in [0.05, 0.1) is 6.61 Å². The van der Waals surface area contributed by atoms with Crippen LogP contribution in [0.4, 0.5) is 0 Å². The van der Waals surface area contributed by atoms with E-state index in [0.717, 1.165) is 12.3 Å². The van der Waals surface area contributed by atoms with Crippen LogP contribution in [0.15, 0.2) is 0 Å². The summed E-state index contributed by atoms with van der Waals surface area (Å²) >= 11 is 0. The highest BCUT2D eigenvalue weighted by Gasteiger charge is 2.56. The van der Waals surface area contributed by atoms with E-state index in [1.54, 1.807) is 0 Å². The highest BCUT2D eigenvalue weighted by Crippen LogP contribution is 2.66. The minimum Gasteiger partial charge on any atom is -0.465 e. The van der Waals surface area contributed by atoms with Gasteiger partial charge in [0.25, 0.3) is 0 Å². The van der Waals surface area contributed by atoms with Crippen LogP contribution in [0, 0.1) is 11.3 Å². The Morgan fingerprint density at radius 3 is 2.62 bits per heavy atom. The third kappa shape index (κ3) is 1.46. The molecule has 0 aromatic rings. The molecule has 13 heavy (non-hydrogen) atoms. The van der Waals surface area contributed by atoms with E-state index in [-0.39, 0.29) is 12.0 Å². The second kappa shape index (κ2) is 2.98. The van der Waals surface area contributed by atoms with E-state index < -0.39 is 0 Å². The van der Waals surface area contributed by atoms with Gasteiger partial charge in [-0.2, -0.15) is 0 Å². The van der Waals surface area contributed by atoms with E-state index in [1.165, 1.54) is 19.3 Å². The van der Waals surface area contributed by atoms with Gasteiger partial charge in [-0.15, -0.1) is 0 Å². The van der Waals surface area contributed by atoms with Crippen molar-refractivity contribution in [2.24, 2.45) is 17.1 Å². The van der Waals surface area contributed by atoms with Crippen LogP contribution in [0.2, 0.25) is 0 Å². The average Bonchev–Trinajstić information content (AvgIpc) is 1.94. The van der Waals surface area contributed by atoms with Gasteiger partial charge in [-0.05, 0) is 43.9 Å². The molecule has 0 saturated heterocycles. The number of carbonyl (C=O) groups excluding carboxylic acids is 1. The van der Waals surface area contributed by atoms with E-state index in [9.17, 15) is 4.79 Å². The monoisotopic (exact) mass is 183 g/mol. The molecule has 0 aromatic heterocycles. The fourth-order valence-corrected chi connectivity index (χ4v) is 2.71. The molecule has 0 spiro atoms. The van der Waals surface area contributed by atoms with Crippen LogP contribution in [-0.2, 0) is 9.53 Å². The predicted octanol–water partition coefficient (Wildman–Crippen LogP) is 1.07. The van der Waals surface area contributed by atoms with Crippen molar-refractivity contribution in [2.45, 2.75) is 38.6 Å². The van der Waals surface area contributed by atoms with Crippen molar-refractivity contribution in [1.29, 1.82) is 0 Å². The molecule has 0 radical (unpaired) electrons. The molecule has 3 aliphatic carbocycles. The standard InChI is InChI=1S/C10H17NO2/c1-2-13-9(12)8(11)6-10-3-7(4-10)5-10/h7-8H,2-6,11H2,1H3/t7?,8-,10?/m0/s1. The van der Waals surface area contributed by atoms with Crippen LogP contribution in [0.3, 0.4) is 0 Å². The molecule has 0 heterocycles. The first-order valence-corrected chi connectivity index (χ1v) is 5.07. The summed E-state index contributed by atoms with van der Waals surface area (Å²) in [6.45, 7) is 2.24. The first-order chi connectivity index (χ1) is 6.15. The van der Waals surface area contributed by atoms with Crippen molar-refractivity contribution in [3.8, 4) is 0 Å². The minimum atomic E-state index is -0.388. The molecule has 74 valence electrons. The van der Waals surface area contributed by atoms with Gasteiger partial charge in [-0.1, -0.05) is 0 Å². The molecule has 3 nitrogen and oxygen atoms in total. The molecule has 0 aromatic carbocycles. The smallest absolute Gasteiger partial charge is 0.322 e. The molecule has 0 amide bonds. The Morgan fingerprint density at radius 1 is 1.62 bits per heavy atom. The van der Waals surface area contributed by atoms with Gasteiger partial charge in [-0.3, -0.25) is 4.79 Å². The summed E-state index contributed by atoms with van der Waals surface area (Å²) in [5, 5.41) is 0. The summed E-state index contributed by atoms with van der Waals surface area (Å²) in [6.07, 6.45) is 4.71. The summed E-state index contributed by atoms with van der Waals surface area (Å²) in [5.74, 6) is 0.724. The maximum Gasteiger partial charge on any atom is 0.322 e. The van der Waals surface area contributed by atoms with E-state index in [1.807, 2.05) is 6.92 Å². The van der Waals surface area contributed by atoms with Crippen LogP contribution in [0.1, 0.15) is 32.6 Å². The Hall–Kier alpha value is -0.570. The zero-order valence-electron chi connectivity index (χ0n) is 8.08. The molecule has 2 N–H and O–H groups in total. The van der Waals surface area contributed by atoms with Gasteiger partial charge in [0.1, 0.15) is 6.04 Å². The second-order valence-electron chi connectivity index (χ2n) is 4.54. The molecule has 1 atom stereocenters. The van der Waals surface area contributed by atoms with Crippen molar-refractivity contribution in [3.05, 3.63) is 0 Å². The summed E-state index contributed by atoms with van der Waals surface area (Å²) in [6, 6.07) is -0.388. The molecular formula is C10H17NO2. The molecule has 3 aliphatic rings. The highest BCUT2D eigenvalue weighted by molar-refractivity contribution is 5.75. The molecule has 3 saturated carbocycles. The molecule has 2 bridgehead atoms. The Kier molecular flexibility index (Phi) is 2.06. The molecular weight excluding hydrogens is 166 g/mol. The van der Waals surface area contributed by atoms with Crippen molar-refractivity contribution in [1.82, 2.24) is 0 Å². The summed E-state index contributed by atoms with van der Waals surface area (Å²) < 4.78 is 4.87. The van der Waals surface area contributed by atoms with E-state index in [0.29, 0.717) is 12.0 Å². The lowest BCUT2D eigenvalue weighted by Gasteiger charge is -2.62. The van der Waals surface area contributed by atoms with Crippen molar-refractivity contribution >= 4 is 5.97 Å². The first kappa shape index (κ1) is 9.00. The lowest BCUT2D eigenvalue weighted by molar-refractivity contribution is -0.153. The number of esters is 1. The van der Waals surface area contributed by atoms with Gasteiger partial charge >= 0.3 is 5.97 Å². The van der Waals surface area contributed by atoms with Crippen LogP contribution < -0.4 is 5.73 Å². The third-order valence-electron chi connectivity index (χ3n) is 3.41. The number of hydrogen-bond donors (Lipinski definition) is 1. The van der Waals surface area contributed by atoms with Gasteiger partial charge in [0, 0.05) is 0 Å². The van der Waals surface area contributed by atoms with Crippen LogP contribution in [0.5, 0.6) is 0 Å². The fraction of sp³-hybridized carbons (Fsp3) is 0.900. The second-order valence-corrected chi connectivity index (χ2v) is 4.54. The molecule has 0 aliphatic heterocycles. The number of ether oxygens (including phenoxy) is 1. The number of hydrogen-bond acceptors (Lipinski definition) is 3. The van der Waals surface area contributed by atoms with Crippen LogP contribution in [-0.4, -0.2) is 18.6 Å². The topological polar surface area (TPSA) is 52.3 Å².